The van der Waals surface area contributed by atoms with E-state index < -0.39 is 0 Å². The lowest BCUT2D eigenvalue weighted by atomic mass is 10.3. The van der Waals surface area contributed by atoms with Crippen molar-refractivity contribution in [1.29, 1.82) is 0 Å². The Balaban J connectivity index is 3.18. The molecule has 0 aliphatic rings. The Kier molecular flexibility index (Phi) is 6.11. The third-order valence-electron chi connectivity index (χ3n) is 1.03. The lowest BCUT2D eigenvalue weighted by Crippen LogP contribution is -2.00. The molecule has 0 aliphatic carbocycles. The van der Waals surface area contributed by atoms with Gasteiger partial charge in [0, 0.05) is 12.5 Å². The monoisotopic (exact) mass is 152 g/mol. The molecule has 2 nitrogen and oxygen atoms in total. The Morgan fingerprint density at radius 3 is 3.00 bits per heavy atom. The standard InChI is InChI=1S/C9H12O2/c1-3-5-6-7-8-11-9(10)4-2/h4H,2,6-8H2,1H3. The van der Waals surface area contributed by atoms with E-state index in [4.69, 9.17) is 4.74 Å². The topological polar surface area (TPSA) is 26.3 Å². The van der Waals surface area contributed by atoms with Crippen LogP contribution in [0.25, 0.3) is 0 Å². The van der Waals surface area contributed by atoms with Gasteiger partial charge in [0.2, 0.25) is 0 Å². The minimum atomic E-state index is -0.366. The van der Waals surface area contributed by atoms with E-state index in [9.17, 15) is 4.79 Å². The Bertz CT molecular complexity index is 183. The summed E-state index contributed by atoms with van der Waals surface area (Å²) in [4.78, 5) is 10.5. The summed E-state index contributed by atoms with van der Waals surface area (Å²) >= 11 is 0. The second kappa shape index (κ2) is 6.88. The molecule has 0 rings (SSSR count). The summed E-state index contributed by atoms with van der Waals surface area (Å²) in [5.74, 6) is 5.27. The molecule has 2 heteroatoms. The molecule has 11 heavy (non-hydrogen) atoms. The highest BCUT2D eigenvalue weighted by Gasteiger charge is 1.92. The molecule has 0 spiro atoms. The van der Waals surface area contributed by atoms with Gasteiger partial charge in [-0.15, -0.1) is 11.8 Å². The molecule has 0 unspecified atom stereocenters. The van der Waals surface area contributed by atoms with E-state index in [0.717, 1.165) is 18.9 Å². The van der Waals surface area contributed by atoms with E-state index in [-0.39, 0.29) is 5.97 Å². The summed E-state index contributed by atoms with van der Waals surface area (Å²) in [6, 6.07) is 0. The number of carbonyl (C=O) groups excluding carboxylic acids is 1. The number of rotatable bonds is 4. The van der Waals surface area contributed by atoms with Crippen molar-refractivity contribution < 1.29 is 9.53 Å². The molecule has 0 aromatic rings. The van der Waals surface area contributed by atoms with Crippen LogP contribution in [0.3, 0.4) is 0 Å². The van der Waals surface area contributed by atoms with E-state index in [1.807, 2.05) is 0 Å². The van der Waals surface area contributed by atoms with Crippen molar-refractivity contribution in [2.45, 2.75) is 19.8 Å². The number of hydrogen-bond donors (Lipinski definition) is 0. The van der Waals surface area contributed by atoms with Crippen molar-refractivity contribution in [1.82, 2.24) is 0 Å². The summed E-state index contributed by atoms with van der Waals surface area (Å²) in [5, 5.41) is 0. The number of carbonyl (C=O) groups is 1. The minimum Gasteiger partial charge on any atom is -0.463 e. The highest BCUT2D eigenvalue weighted by atomic mass is 16.5. The average Bonchev–Trinajstić information content (AvgIpc) is 2.04. The van der Waals surface area contributed by atoms with Crippen LogP contribution in [0.4, 0.5) is 0 Å². The van der Waals surface area contributed by atoms with E-state index in [2.05, 4.69) is 18.4 Å². The summed E-state index contributed by atoms with van der Waals surface area (Å²) in [6.45, 7) is 5.49. The van der Waals surface area contributed by atoms with Gasteiger partial charge >= 0.3 is 5.97 Å². The van der Waals surface area contributed by atoms with Gasteiger partial charge in [-0.05, 0) is 13.3 Å². The van der Waals surface area contributed by atoms with E-state index in [1.54, 1.807) is 6.92 Å². The fraction of sp³-hybridized carbons (Fsp3) is 0.444. The zero-order valence-electron chi connectivity index (χ0n) is 6.72. The Morgan fingerprint density at radius 1 is 1.73 bits per heavy atom. The van der Waals surface area contributed by atoms with Crippen molar-refractivity contribution >= 4 is 5.97 Å². The van der Waals surface area contributed by atoms with Gasteiger partial charge in [0.25, 0.3) is 0 Å². The lowest BCUT2D eigenvalue weighted by molar-refractivity contribution is -0.137. The second-order valence-corrected chi connectivity index (χ2v) is 1.90. The molecule has 0 atom stereocenters. The lowest BCUT2D eigenvalue weighted by Gasteiger charge is -1.97. The fourth-order valence-electron chi connectivity index (χ4n) is 0.517. The zero-order valence-corrected chi connectivity index (χ0v) is 6.72. The van der Waals surface area contributed by atoms with Crippen molar-refractivity contribution in [3.8, 4) is 11.8 Å². The predicted molar refractivity (Wildman–Crippen MR) is 43.8 cm³/mol. The third-order valence-corrected chi connectivity index (χ3v) is 1.03. The molecule has 0 heterocycles. The maximum absolute atomic E-state index is 10.5. The molecular weight excluding hydrogens is 140 g/mol. The van der Waals surface area contributed by atoms with Crippen LogP contribution in [0.15, 0.2) is 12.7 Å². The fourth-order valence-corrected chi connectivity index (χ4v) is 0.517. The SMILES string of the molecule is C=CC(=O)OCCCC#CC. The van der Waals surface area contributed by atoms with Gasteiger partial charge in [-0.1, -0.05) is 6.58 Å². The first-order chi connectivity index (χ1) is 5.31. The average molecular weight is 152 g/mol. The molecule has 0 saturated heterocycles. The van der Waals surface area contributed by atoms with Crippen LogP contribution >= 0.6 is 0 Å². The molecular formula is C9H12O2. The Morgan fingerprint density at radius 2 is 2.45 bits per heavy atom. The first-order valence-corrected chi connectivity index (χ1v) is 3.50. The van der Waals surface area contributed by atoms with Crippen LogP contribution in [0.5, 0.6) is 0 Å². The molecule has 0 aromatic carbocycles. The predicted octanol–water partition coefficient (Wildman–Crippen LogP) is 1.52. The largest absolute Gasteiger partial charge is 0.463 e. The maximum atomic E-state index is 10.5. The van der Waals surface area contributed by atoms with E-state index >= 15 is 0 Å². The summed E-state index contributed by atoms with van der Waals surface area (Å²) in [6.07, 6.45) is 2.73. The van der Waals surface area contributed by atoms with Gasteiger partial charge in [-0.25, -0.2) is 4.79 Å². The maximum Gasteiger partial charge on any atom is 0.330 e. The van der Waals surface area contributed by atoms with Crippen LogP contribution < -0.4 is 0 Å². The van der Waals surface area contributed by atoms with Gasteiger partial charge in [-0.3, -0.25) is 0 Å². The van der Waals surface area contributed by atoms with E-state index in [1.165, 1.54) is 0 Å². The van der Waals surface area contributed by atoms with Gasteiger partial charge in [-0.2, -0.15) is 0 Å². The first kappa shape index (κ1) is 9.77. The number of esters is 1. The van der Waals surface area contributed by atoms with Crippen molar-refractivity contribution in [2.24, 2.45) is 0 Å². The van der Waals surface area contributed by atoms with Gasteiger partial charge < -0.3 is 4.74 Å². The Labute approximate surface area is 67.2 Å². The smallest absolute Gasteiger partial charge is 0.330 e. The van der Waals surface area contributed by atoms with E-state index in [0.29, 0.717) is 6.61 Å². The molecule has 0 saturated carbocycles. The second-order valence-electron chi connectivity index (χ2n) is 1.90. The molecule has 0 amide bonds. The highest BCUT2D eigenvalue weighted by Crippen LogP contribution is 1.88. The molecule has 0 aromatic heterocycles. The molecule has 0 radical (unpaired) electrons. The van der Waals surface area contributed by atoms with Gasteiger partial charge in [0.1, 0.15) is 0 Å². The van der Waals surface area contributed by atoms with Gasteiger partial charge in [0.15, 0.2) is 0 Å². The van der Waals surface area contributed by atoms with Crippen molar-refractivity contribution in [3.63, 3.8) is 0 Å². The minimum absolute atomic E-state index is 0.366. The summed E-state index contributed by atoms with van der Waals surface area (Å²) < 4.78 is 4.71. The number of ether oxygens (including phenoxy) is 1. The summed E-state index contributed by atoms with van der Waals surface area (Å²) in [5.41, 5.74) is 0. The molecule has 0 N–H and O–H groups in total. The Hall–Kier alpha value is -1.23. The quantitative estimate of drug-likeness (QED) is 0.264. The number of hydrogen-bond acceptors (Lipinski definition) is 2. The summed E-state index contributed by atoms with van der Waals surface area (Å²) in [7, 11) is 0. The molecule has 0 aliphatic heterocycles. The van der Waals surface area contributed by atoms with Crippen LogP contribution in [0, 0.1) is 11.8 Å². The van der Waals surface area contributed by atoms with Crippen molar-refractivity contribution in [3.05, 3.63) is 12.7 Å². The third kappa shape index (κ3) is 6.66. The highest BCUT2D eigenvalue weighted by molar-refractivity contribution is 5.81. The molecule has 0 bridgehead atoms. The zero-order chi connectivity index (χ0) is 8.53. The van der Waals surface area contributed by atoms with Crippen LogP contribution in [-0.4, -0.2) is 12.6 Å². The van der Waals surface area contributed by atoms with Gasteiger partial charge in [0.05, 0.1) is 6.61 Å². The van der Waals surface area contributed by atoms with Crippen LogP contribution in [0.1, 0.15) is 19.8 Å². The normalized spacial score (nSPS) is 7.73. The molecule has 0 fully saturated rings. The molecule has 60 valence electrons. The van der Waals surface area contributed by atoms with Crippen LogP contribution in [-0.2, 0) is 9.53 Å². The van der Waals surface area contributed by atoms with Crippen LogP contribution in [0.2, 0.25) is 0 Å². The first-order valence-electron chi connectivity index (χ1n) is 3.50. The van der Waals surface area contributed by atoms with Crippen molar-refractivity contribution in [2.75, 3.05) is 6.61 Å². The number of unbranched alkanes of at least 4 members (excludes halogenated alkanes) is 1.